The van der Waals surface area contributed by atoms with Gasteiger partial charge in [-0.15, -0.1) is 0 Å². The van der Waals surface area contributed by atoms with Gasteiger partial charge in [0, 0.05) is 25.2 Å². The van der Waals surface area contributed by atoms with Crippen LogP contribution in [0.1, 0.15) is 39.5 Å². The van der Waals surface area contributed by atoms with Gasteiger partial charge in [-0.1, -0.05) is 13.3 Å². The van der Waals surface area contributed by atoms with Gasteiger partial charge in [0.05, 0.1) is 0 Å². The number of hydrogen-bond acceptors (Lipinski definition) is 3. The van der Waals surface area contributed by atoms with Gasteiger partial charge in [0.2, 0.25) is 0 Å². The van der Waals surface area contributed by atoms with Gasteiger partial charge in [-0.25, -0.2) is 0 Å². The van der Waals surface area contributed by atoms with Gasteiger partial charge in [0.1, 0.15) is 0 Å². The fourth-order valence-electron chi connectivity index (χ4n) is 2.55. The first-order valence-electron chi connectivity index (χ1n) is 7.26. The molecule has 1 saturated heterocycles. The van der Waals surface area contributed by atoms with Crippen molar-refractivity contribution in [2.24, 2.45) is 0 Å². The fourth-order valence-corrected chi connectivity index (χ4v) is 2.55. The number of unbranched alkanes of at least 4 members (excludes halogenated alkanes) is 1. The zero-order valence-corrected chi connectivity index (χ0v) is 12.2. The molecule has 0 amide bonds. The molecule has 0 bridgehead atoms. The van der Waals surface area contributed by atoms with E-state index in [0.717, 1.165) is 12.6 Å². The molecule has 1 heterocycles. The first-order chi connectivity index (χ1) is 8.15. The molecule has 102 valence electrons. The van der Waals surface area contributed by atoms with Crippen LogP contribution in [0.3, 0.4) is 0 Å². The smallest absolute Gasteiger partial charge is 0.0217 e. The lowest BCUT2D eigenvalue weighted by atomic mass is 10.0. The molecule has 0 aromatic heterocycles. The van der Waals surface area contributed by atoms with Crippen molar-refractivity contribution in [2.45, 2.75) is 51.6 Å². The number of likely N-dealkylation sites (tertiary alicyclic amines) is 1. The average molecular weight is 241 g/mol. The number of likely N-dealkylation sites (N-methyl/N-ethyl adjacent to an activating group) is 1. The van der Waals surface area contributed by atoms with E-state index in [1.54, 1.807) is 0 Å². The Kier molecular flexibility index (Phi) is 7.09. The lowest BCUT2D eigenvalue weighted by molar-refractivity contribution is 0.102. The van der Waals surface area contributed by atoms with Crippen molar-refractivity contribution in [3.8, 4) is 0 Å². The second-order valence-electron chi connectivity index (χ2n) is 5.66. The van der Waals surface area contributed by atoms with Gasteiger partial charge >= 0.3 is 0 Å². The third-order valence-electron chi connectivity index (χ3n) is 3.93. The van der Waals surface area contributed by atoms with E-state index < -0.39 is 0 Å². The van der Waals surface area contributed by atoms with Crippen LogP contribution in [0.5, 0.6) is 0 Å². The maximum Gasteiger partial charge on any atom is 0.0217 e. The number of rotatable bonds is 7. The molecule has 0 radical (unpaired) electrons. The van der Waals surface area contributed by atoms with E-state index in [1.807, 2.05) is 0 Å². The molecule has 3 nitrogen and oxygen atoms in total. The van der Waals surface area contributed by atoms with Crippen LogP contribution in [-0.4, -0.2) is 62.2 Å². The fraction of sp³-hybridized carbons (Fsp3) is 1.00. The molecule has 0 aromatic rings. The minimum absolute atomic E-state index is 0.676. The molecule has 0 spiro atoms. The highest BCUT2D eigenvalue weighted by atomic mass is 15.2. The first-order valence-corrected chi connectivity index (χ1v) is 7.26. The van der Waals surface area contributed by atoms with Crippen molar-refractivity contribution in [1.29, 1.82) is 0 Å². The summed E-state index contributed by atoms with van der Waals surface area (Å²) in [6, 6.07) is 1.43. The minimum Gasteiger partial charge on any atom is -0.315 e. The summed E-state index contributed by atoms with van der Waals surface area (Å²) in [4.78, 5) is 5.02. The van der Waals surface area contributed by atoms with Gasteiger partial charge in [0.25, 0.3) is 0 Å². The average Bonchev–Trinajstić information content (AvgIpc) is 2.34. The maximum absolute atomic E-state index is 3.57. The molecule has 2 unspecified atom stereocenters. The van der Waals surface area contributed by atoms with E-state index in [9.17, 15) is 0 Å². The molecular weight excluding hydrogens is 210 g/mol. The van der Waals surface area contributed by atoms with Gasteiger partial charge < -0.3 is 10.2 Å². The summed E-state index contributed by atoms with van der Waals surface area (Å²) in [5.41, 5.74) is 0. The van der Waals surface area contributed by atoms with Crippen LogP contribution in [0.25, 0.3) is 0 Å². The Bertz CT molecular complexity index is 194. The Morgan fingerprint density at radius 1 is 1.41 bits per heavy atom. The van der Waals surface area contributed by atoms with Gasteiger partial charge in [-0.05, 0) is 53.4 Å². The molecule has 3 heteroatoms. The van der Waals surface area contributed by atoms with Crippen LogP contribution in [0.2, 0.25) is 0 Å². The summed E-state index contributed by atoms with van der Waals surface area (Å²) >= 11 is 0. The minimum atomic E-state index is 0.676. The van der Waals surface area contributed by atoms with Gasteiger partial charge in [-0.3, -0.25) is 4.90 Å². The Labute approximate surface area is 108 Å². The Morgan fingerprint density at radius 3 is 2.82 bits per heavy atom. The Balaban J connectivity index is 2.23. The second kappa shape index (κ2) is 8.06. The van der Waals surface area contributed by atoms with E-state index in [2.05, 4.69) is 43.1 Å². The molecule has 0 aliphatic carbocycles. The molecule has 0 saturated carbocycles. The lowest BCUT2D eigenvalue weighted by Gasteiger charge is -2.39. The van der Waals surface area contributed by atoms with Crippen LogP contribution >= 0.6 is 0 Å². The quantitative estimate of drug-likeness (QED) is 0.686. The summed E-state index contributed by atoms with van der Waals surface area (Å²) in [5.74, 6) is 0. The third kappa shape index (κ3) is 5.36. The maximum atomic E-state index is 3.57. The van der Waals surface area contributed by atoms with Crippen LogP contribution in [0.4, 0.5) is 0 Å². The second-order valence-corrected chi connectivity index (χ2v) is 5.66. The highest BCUT2D eigenvalue weighted by Crippen LogP contribution is 2.15. The van der Waals surface area contributed by atoms with E-state index in [4.69, 9.17) is 0 Å². The van der Waals surface area contributed by atoms with E-state index in [-0.39, 0.29) is 0 Å². The SMILES string of the molecule is CCCCNCC(C)N1CCCC(N(C)C)C1. The van der Waals surface area contributed by atoms with Crippen LogP contribution in [-0.2, 0) is 0 Å². The predicted molar refractivity (Wildman–Crippen MR) is 75.5 cm³/mol. The van der Waals surface area contributed by atoms with Crippen molar-refractivity contribution < 1.29 is 0 Å². The van der Waals surface area contributed by atoms with Gasteiger partial charge in [-0.2, -0.15) is 0 Å². The molecule has 2 atom stereocenters. The highest BCUT2D eigenvalue weighted by molar-refractivity contribution is 4.81. The summed E-state index contributed by atoms with van der Waals surface area (Å²) in [6.07, 6.45) is 5.29. The summed E-state index contributed by atoms with van der Waals surface area (Å²) in [7, 11) is 4.41. The standard InChI is InChI=1S/C14H31N3/c1-5-6-9-15-11-13(2)17-10-7-8-14(12-17)16(3)4/h13-15H,5-12H2,1-4H3. The van der Waals surface area contributed by atoms with E-state index >= 15 is 0 Å². The molecule has 1 rings (SSSR count). The summed E-state index contributed by atoms with van der Waals surface area (Å²) in [5, 5.41) is 3.57. The van der Waals surface area contributed by atoms with E-state index in [0.29, 0.717) is 6.04 Å². The topological polar surface area (TPSA) is 18.5 Å². The Hall–Kier alpha value is -0.120. The molecule has 0 aromatic carbocycles. The number of nitrogens with one attached hydrogen (secondary N) is 1. The van der Waals surface area contributed by atoms with Crippen LogP contribution < -0.4 is 5.32 Å². The highest BCUT2D eigenvalue weighted by Gasteiger charge is 2.24. The molecule has 1 aliphatic rings. The molecule has 1 aliphatic heterocycles. The third-order valence-corrected chi connectivity index (χ3v) is 3.93. The van der Waals surface area contributed by atoms with Crippen molar-refractivity contribution in [1.82, 2.24) is 15.1 Å². The zero-order valence-electron chi connectivity index (χ0n) is 12.2. The molecule has 1 N–H and O–H groups in total. The van der Waals surface area contributed by atoms with Crippen LogP contribution in [0, 0.1) is 0 Å². The molecular formula is C14H31N3. The van der Waals surface area contributed by atoms with Crippen molar-refractivity contribution in [3.05, 3.63) is 0 Å². The summed E-state index contributed by atoms with van der Waals surface area (Å²) in [6.45, 7) is 9.44. The first kappa shape index (κ1) is 14.9. The molecule has 17 heavy (non-hydrogen) atoms. The van der Waals surface area contributed by atoms with Gasteiger partial charge in [0.15, 0.2) is 0 Å². The summed E-state index contributed by atoms with van der Waals surface area (Å²) < 4.78 is 0. The number of piperidine rings is 1. The molecule has 1 fully saturated rings. The monoisotopic (exact) mass is 241 g/mol. The van der Waals surface area contributed by atoms with Crippen LogP contribution in [0.15, 0.2) is 0 Å². The largest absolute Gasteiger partial charge is 0.315 e. The predicted octanol–water partition coefficient (Wildman–Crippen LogP) is 1.79. The van der Waals surface area contributed by atoms with Crippen molar-refractivity contribution in [2.75, 3.05) is 40.3 Å². The normalized spacial score (nSPS) is 24.2. The Morgan fingerprint density at radius 2 is 2.18 bits per heavy atom. The van der Waals surface area contributed by atoms with E-state index in [1.165, 1.54) is 45.3 Å². The number of hydrogen-bond donors (Lipinski definition) is 1. The van der Waals surface area contributed by atoms with Crippen molar-refractivity contribution in [3.63, 3.8) is 0 Å². The lowest BCUT2D eigenvalue weighted by Crippen LogP contribution is -2.50. The van der Waals surface area contributed by atoms with Crippen molar-refractivity contribution >= 4 is 0 Å². The number of nitrogens with zero attached hydrogens (tertiary/aromatic N) is 2. The zero-order chi connectivity index (χ0) is 12.7.